The summed E-state index contributed by atoms with van der Waals surface area (Å²) in [4.78, 5) is 38.3. The summed E-state index contributed by atoms with van der Waals surface area (Å²) in [5, 5.41) is 1.56. The number of carbonyl (C=O) groups excluding carboxylic acids is 2. The van der Waals surface area contributed by atoms with E-state index in [1.165, 1.54) is 12.1 Å². The highest BCUT2D eigenvalue weighted by atomic mass is 79.9. The number of likely N-dealkylation sites (N-methyl/N-ethyl adjacent to an activating group) is 1. The van der Waals surface area contributed by atoms with Crippen LogP contribution in [0.1, 0.15) is 16.1 Å². The van der Waals surface area contributed by atoms with Gasteiger partial charge in [-0.15, -0.1) is 0 Å². The zero-order valence-electron chi connectivity index (χ0n) is 19.6. The Morgan fingerprint density at radius 1 is 1.03 bits per heavy atom. The maximum Gasteiger partial charge on any atom is 0.325 e. The van der Waals surface area contributed by atoms with Crippen LogP contribution in [0.15, 0.2) is 92.5 Å². The third kappa shape index (κ3) is 5.81. The molecule has 1 atom stereocenters. The molecular weight excluding hydrogens is 528 g/mol. The molecule has 3 aromatic carbocycles. The predicted molar refractivity (Wildman–Crippen MR) is 138 cm³/mol. The molecule has 184 valence electrons. The summed E-state index contributed by atoms with van der Waals surface area (Å²) in [5.74, 6) is -0.556. The van der Waals surface area contributed by atoms with Crippen molar-refractivity contribution in [2.75, 3.05) is 14.2 Å². The zero-order chi connectivity index (χ0) is 25.7. The average molecular weight is 551 g/mol. The highest BCUT2D eigenvalue weighted by molar-refractivity contribution is 9.10. The molecule has 0 radical (unpaired) electrons. The topological polar surface area (TPSA) is 98.1 Å². The lowest BCUT2D eigenvalue weighted by molar-refractivity contribution is -0.147. The van der Waals surface area contributed by atoms with Crippen LogP contribution in [0.3, 0.4) is 0 Å². The van der Waals surface area contributed by atoms with E-state index in [1.807, 2.05) is 42.5 Å². The number of hydrogen-bond acceptors (Lipinski definition) is 7. The number of carbonyl (C=O) groups is 2. The van der Waals surface area contributed by atoms with Gasteiger partial charge in [-0.1, -0.05) is 52.3 Å². The van der Waals surface area contributed by atoms with Crippen molar-refractivity contribution in [2.45, 2.75) is 12.5 Å². The van der Waals surface area contributed by atoms with E-state index in [0.29, 0.717) is 17.9 Å². The molecule has 8 nitrogen and oxygen atoms in total. The second-order valence-electron chi connectivity index (χ2n) is 7.94. The first kappa shape index (κ1) is 25.2. The molecule has 1 N–H and O–H groups in total. The number of ether oxygens (including phenoxy) is 2. The van der Waals surface area contributed by atoms with Crippen LogP contribution in [0.25, 0.3) is 11.0 Å². The fourth-order valence-corrected chi connectivity index (χ4v) is 3.91. The van der Waals surface area contributed by atoms with Gasteiger partial charge in [0.05, 0.1) is 7.11 Å². The van der Waals surface area contributed by atoms with Crippen LogP contribution < -0.4 is 15.6 Å². The number of nitrogens with zero attached hydrogens (tertiary/aromatic N) is 1. The second kappa shape index (κ2) is 11.2. The number of methoxy groups -OCH3 is 1. The summed E-state index contributed by atoms with van der Waals surface area (Å²) in [6, 6.07) is 21.7. The van der Waals surface area contributed by atoms with Crippen molar-refractivity contribution in [3.05, 3.63) is 105 Å². The molecule has 4 aromatic rings. The van der Waals surface area contributed by atoms with Gasteiger partial charge in [0, 0.05) is 24.0 Å². The molecule has 0 saturated carbocycles. The van der Waals surface area contributed by atoms with Gasteiger partial charge in [0.2, 0.25) is 0 Å². The Labute approximate surface area is 215 Å². The Morgan fingerprint density at radius 3 is 2.44 bits per heavy atom. The number of hydrogen-bond donors (Lipinski definition) is 1. The lowest BCUT2D eigenvalue weighted by Crippen LogP contribution is -2.50. The zero-order valence-corrected chi connectivity index (χ0v) is 21.2. The van der Waals surface area contributed by atoms with Crippen LogP contribution in [-0.2, 0) is 16.0 Å². The third-order valence-corrected chi connectivity index (χ3v) is 6.00. The predicted octanol–water partition coefficient (Wildman–Crippen LogP) is 4.71. The van der Waals surface area contributed by atoms with Gasteiger partial charge in [-0.2, -0.15) is 0 Å². The van der Waals surface area contributed by atoms with E-state index in [2.05, 4.69) is 21.4 Å². The molecule has 0 aliphatic heterocycles. The fourth-order valence-electron chi connectivity index (χ4n) is 3.65. The molecule has 0 fully saturated rings. The Bertz CT molecular complexity index is 1440. The molecular formula is C27H23BrN2O6. The first-order valence-electron chi connectivity index (χ1n) is 11.0. The Kier molecular flexibility index (Phi) is 7.82. The summed E-state index contributed by atoms with van der Waals surface area (Å²) >= 11 is 3.37. The minimum absolute atomic E-state index is 0.193. The molecule has 0 aliphatic rings. The van der Waals surface area contributed by atoms with Crippen molar-refractivity contribution in [1.82, 2.24) is 10.4 Å². The van der Waals surface area contributed by atoms with Crippen molar-refractivity contribution in [3.8, 4) is 11.5 Å². The first-order valence-corrected chi connectivity index (χ1v) is 11.8. The third-order valence-electron chi connectivity index (χ3n) is 5.47. The van der Waals surface area contributed by atoms with Crippen LogP contribution in [0, 0.1) is 0 Å². The first-order chi connectivity index (χ1) is 17.4. The molecule has 0 saturated heterocycles. The number of fused-ring (bicyclic) bond motifs is 1. The van der Waals surface area contributed by atoms with Gasteiger partial charge < -0.3 is 13.9 Å². The lowest BCUT2D eigenvalue weighted by Gasteiger charge is -2.26. The van der Waals surface area contributed by atoms with Gasteiger partial charge in [-0.05, 0) is 42.0 Å². The summed E-state index contributed by atoms with van der Waals surface area (Å²) in [6.45, 7) is 0. The number of hydrazine groups is 1. The number of amides is 1. The molecule has 0 bridgehead atoms. The normalized spacial score (nSPS) is 11.8. The standard InChI is InChI=1S/C27H23BrN2O6/c1-30(20(27(33)34-2)15-17-7-4-3-5-8-17)29-26(32)24-16-21(31)25-22(9-6-10-23(25)36-24)35-19-13-11-18(28)12-14-19/h3-14,16,20H,15H2,1-2H3,(H,29,32)/t20-/m0/s1. The van der Waals surface area contributed by atoms with E-state index in [9.17, 15) is 14.4 Å². The number of benzene rings is 3. The van der Waals surface area contributed by atoms with Crippen LogP contribution in [0.5, 0.6) is 11.5 Å². The second-order valence-corrected chi connectivity index (χ2v) is 8.86. The number of rotatable bonds is 8. The lowest BCUT2D eigenvalue weighted by atomic mass is 10.1. The highest BCUT2D eigenvalue weighted by Crippen LogP contribution is 2.29. The van der Waals surface area contributed by atoms with E-state index < -0.39 is 23.3 Å². The molecule has 1 aromatic heterocycles. The van der Waals surface area contributed by atoms with E-state index >= 15 is 0 Å². The van der Waals surface area contributed by atoms with Crippen molar-refractivity contribution in [1.29, 1.82) is 0 Å². The quantitative estimate of drug-likeness (QED) is 0.250. The van der Waals surface area contributed by atoms with E-state index in [4.69, 9.17) is 13.9 Å². The van der Waals surface area contributed by atoms with Crippen molar-refractivity contribution < 1.29 is 23.5 Å². The van der Waals surface area contributed by atoms with Crippen LogP contribution >= 0.6 is 15.9 Å². The summed E-state index contributed by atoms with van der Waals surface area (Å²) in [6.07, 6.45) is 0.308. The van der Waals surface area contributed by atoms with Crippen molar-refractivity contribution >= 4 is 38.8 Å². The highest BCUT2D eigenvalue weighted by Gasteiger charge is 2.27. The smallest absolute Gasteiger partial charge is 0.325 e. The van der Waals surface area contributed by atoms with Crippen molar-refractivity contribution in [3.63, 3.8) is 0 Å². The van der Waals surface area contributed by atoms with Gasteiger partial charge in [-0.3, -0.25) is 19.8 Å². The number of halogens is 1. The maximum atomic E-state index is 13.0. The van der Waals surface area contributed by atoms with E-state index in [-0.39, 0.29) is 16.7 Å². The molecule has 36 heavy (non-hydrogen) atoms. The van der Waals surface area contributed by atoms with Gasteiger partial charge in [0.15, 0.2) is 11.2 Å². The summed E-state index contributed by atoms with van der Waals surface area (Å²) in [5.41, 5.74) is 3.26. The number of nitrogens with one attached hydrogen (secondary N) is 1. The van der Waals surface area contributed by atoms with Crippen LogP contribution in [0.2, 0.25) is 0 Å². The molecule has 0 aliphatic carbocycles. The van der Waals surface area contributed by atoms with E-state index in [0.717, 1.165) is 16.1 Å². The minimum atomic E-state index is -0.792. The van der Waals surface area contributed by atoms with Gasteiger partial charge in [0.1, 0.15) is 28.5 Å². The average Bonchev–Trinajstić information content (AvgIpc) is 2.88. The van der Waals surface area contributed by atoms with Gasteiger partial charge in [0.25, 0.3) is 0 Å². The summed E-state index contributed by atoms with van der Waals surface area (Å²) in [7, 11) is 2.83. The van der Waals surface area contributed by atoms with Gasteiger partial charge in [-0.25, -0.2) is 5.01 Å². The molecule has 0 spiro atoms. The SMILES string of the molecule is COC(=O)[C@H](Cc1ccccc1)N(C)NC(=O)c1cc(=O)c2c(Oc3ccc(Br)cc3)cccc2o1. The van der Waals surface area contributed by atoms with Crippen LogP contribution in [-0.4, -0.2) is 37.1 Å². The van der Waals surface area contributed by atoms with E-state index in [1.54, 1.807) is 37.4 Å². The largest absolute Gasteiger partial charge is 0.468 e. The molecule has 1 amide bonds. The van der Waals surface area contributed by atoms with Crippen molar-refractivity contribution in [2.24, 2.45) is 0 Å². The molecule has 1 heterocycles. The Morgan fingerprint density at radius 2 is 1.75 bits per heavy atom. The Hall–Kier alpha value is -3.95. The van der Waals surface area contributed by atoms with Crippen LogP contribution in [0.4, 0.5) is 0 Å². The molecule has 4 rings (SSSR count). The fraction of sp³-hybridized carbons (Fsp3) is 0.148. The minimum Gasteiger partial charge on any atom is -0.468 e. The molecule has 9 heteroatoms. The maximum absolute atomic E-state index is 13.0. The summed E-state index contributed by atoms with van der Waals surface area (Å²) < 4.78 is 17.4. The Balaban J connectivity index is 1.57. The van der Waals surface area contributed by atoms with Gasteiger partial charge >= 0.3 is 11.9 Å². The molecule has 0 unspecified atom stereocenters. The monoisotopic (exact) mass is 550 g/mol. The number of esters is 1.